The number of amides is 1. The number of fused-ring (bicyclic) bond motifs is 1. The van der Waals surface area contributed by atoms with Gasteiger partial charge in [-0.3, -0.25) is 9.52 Å². The van der Waals surface area contributed by atoms with Crippen LogP contribution in [0.3, 0.4) is 0 Å². The van der Waals surface area contributed by atoms with Crippen LogP contribution < -0.4 is 9.62 Å². The summed E-state index contributed by atoms with van der Waals surface area (Å²) in [6, 6.07) is 9.38. The fourth-order valence-corrected chi connectivity index (χ4v) is 4.77. The molecule has 0 atom stereocenters. The van der Waals surface area contributed by atoms with Crippen molar-refractivity contribution in [1.82, 2.24) is 0 Å². The molecule has 0 bridgehead atoms. The van der Waals surface area contributed by atoms with Gasteiger partial charge in [0.05, 0.1) is 10.6 Å². The molecule has 2 aliphatic rings. The minimum absolute atomic E-state index is 0.138. The monoisotopic (exact) mass is 410 g/mol. The van der Waals surface area contributed by atoms with Crippen LogP contribution >= 0.6 is 23.2 Å². The zero-order valence-corrected chi connectivity index (χ0v) is 16.0. The normalized spacial score (nSPS) is 16.5. The van der Waals surface area contributed by atoms with Crippen molar-refractivity contribution in [2.45, 2.75) is 24.2 Å². The average Bonchev–Trinajstić information content (AvgIpc) is 3.32. The van der Waals surface area contributed by atoms with Gasteiger partial charge in [0, 0.05) is 28.2 Å². The van der Waals surface area contributed by atoms with Gasteiger partial charge < -0.3 is 4.90 Å². The minimum Gasteiger partial charge on any atom is -0.312 e. The van der Waals surface area contributed by atoms with E-state index < -0.39 is 10.0 Å². The van der Waals surface area contributed by atoms with Crippen LogP contribution in [-0.2, 0) is 21.2 Å². The predicted molar refractivity (Wildman–Crippen MR) is 102 cm³/mol. The van der Waals surface area contributed by atoms with Gasteiger partial charge in [-0.25, -0.2) is 8.42 Å². The second-order valence-electron chi connectivity index (χ2n) is 6.57. The Morgan fingerprint density at radius 3 is 2.42 bits per heavy atom. The Kier molecular flexibility index (Phi) is 4.37. The van der Waals surface area contributed by atoms with Gasteiger partial charge in [0.25, 0.3) is 10.0 Å². The summed E-state index contributed by atoms with van der Waals surface area (Å²) in [5, 5.41) is 0.691. The molecule has 4 rings (SSSR count). The number of sulfonamides is 1. The number of halogens is 2. The first-order valence-corrected chi connectivity index (χ1v) is 10.5. The molecule has 26 heavy (non-hydrogen) atoms. The Morgan fingerprint density at radius 1 is 1.08 bits per heavy atom. The lowest BCUT2D eigenvalue weighted by molar-refractivity contribution is -0.119. The van der Waals surface area contributed by atoms with Crippen molar-refractivity contribution in [3.05, 3.63) is 52.0 Å². The van der Waals surface area contributed by atoms with E-state index in [0.29, 0.717) is 28.7 Å². The van der Waals surface area contributed by atoms with E-state index in [9.17, 15) is 13.2 Å². The number of carbonyl (C=O) groups excluding carboxylic acids is 1. The third kappa shape index (κ3) is 3.41. The fourth-order valence-electron chi connectivity index (χ4n) is 3.15. The number of carbonyl (C=O) groups is 1. The van der Waals surface area contributed by atoms with E-state index in [4.69, 9.17) is 23.2 Å². The number of anilines is 2. The van der Waals surface area contributed by atoms with Crippen LogP contribution in [0.4, 0.5) is 11.4 Å². The Bertz CT molecular complexity index is 983. The number of nitrogens with one attached hydrogen (secondary N) is 1. The zero-order valence-electron chi connectivity index (χ0n) is 13.7. The molecule has 8 heteroatoms. The molecule has 2 aromatic rings. The second-order valence-corrected chi connectivity index (χ2v) is 9.12. The maximum absolute atomic E-state index is 12.7. The molecule has 2 aromatic carbocycles. The largest absolute Gasteiger partial charge is 0.312 e. The molecule has 1 fully saturated rings. The molecule has 1 N–H and O–H groups in total. The van der Waals surface area contributed by atoms with Crippen LogP contribution in [0.1, 0.15) is 18.4 Å². The van der Waals surface area contributed by atoms with Gasteiger partial charge >= 0.3 is 0 Å². The molecule has 1 amide bonds. The Morgan fingerprint density at radius 2 is 1.77 bits per heavy atom. The molecule has 0 saturated heterocycles. The molecular formula is C18H16Cl2N2O3S. The van der Waals surface area contributed by atoms with E-state index in [1.165, 1.54) is 24.3 Å². The fraction of sp³-hybridized carbons (Fsp3) is 0.278. The summed E-state index contributed by atoms with van der Waals surface area (Å²) in [6.07, 6.45) is 2.55. The van der Waals surface area contributed by atoms with Crippen LogP contribution in [0.25, 0.3) is 0 Å². The van der Waals surface area contributed by atoms with Crippen LogP contribution in [0.2, 0.25) is 10.0 Å². The van der Waals surface area contributed by atoms with Crippen molar-refractivity contribution < 1.29 is 13.2 Å². The van der Waals surface area contributed by atoms with Crippen LogP contribution in [0, 0.1) is 5.92 Å². The molecule has 136 valence electrons. The van der Waals surface area contributed by atoms with E-state index in [2.05, 4.69) is 4.72 Å². The molecule has 0 aromatic heterocycles. The van der Waals surface area contributed by atoms with Gasteiger partial charge in [0.1, 0.15) is 0 Å². The summed E-state index contributed by atoms with van der Waals surface area (Å²) in [4.78, 5) is 14.2. The van der Waals surface area contributed by atoms with Crippen molar-refractivity contribution >= 4 is 50.5 Å². The molecule has 1 aliphatic carbocycles. The molecule has 5 nitrogen and oxygen atoms in total. The summed E-state index contributed by atoms with van der Waals surface area (Å²) < 4.78 is 27.9. The summed E-state index contributed by atoms with van der Waals surface area (Å²) in [7, 11) is -3.78. The van der Waals surface area contributed by atoms with Crippen LogP contribution in [-0.4, -0.2) is 20.9 Å². The molecule has 1 aliphatic heterocycles. The van der Waals surface area contributed by atoms with Crippen molar-refractivity contribution in [3.63, 3.8) is 0 Å². The van der Waals surface area contributed by atoms with E-state index >= 15 is 0 Å². The number of rotatable bonds is 4. The summed E-state index contributed by atoms with van der Waals surface area (Å²) in [5.41, 5.74) is 1.98. The second kappa shape index (κ2) is 6.44. The lowest BCUT2D eigenvalue weighted by Gasteiger charge is -2.17. The summed E-state index contributed by atoms with van der Waals surface area (Å²) in [6.45, 7) is 0.603. The number of benzene rings is 2. The highest BCUT2D eigenvalue weighted by molar-refractivity contribution is 7.92. The first kappa shape index (κ1) is 17.6. The van der Waals surface area contributed by atoms with Gasteiger partial charge in [-0.05, 0) is 61.2 Å². The molecule has 0 radical (unpaired) electrons. The van der Waals surface area contributed by atoms with Gasteiger partial charge in [-0.1, -0.05) is 23.2 Å². The lowest BCUT2D eigenvalue weighted by Crippen LogP contribution is -2.30. The highest BCUT2D eigenvalue weighted by atomic mass is 35.5. The highest BCUT2D eigenvalue weighted by Gasteiger charge is 2.36. The lowest BCUT2D eigenvalue weighted by atomic mass is 10.2. The maximum Gasteiger partial charge on any atom is 0.261 e. The third-order valence-corrected chi connectivity index (χ3v) is 6.38. The van der Waals surface area contributed by atoms with Crippen LogP contribution in [0.5, 0.6) is 0 Å². The number of nitrogens with zero attached hydrogens (tertiary/aromatic N) is 1. The van der Waals surface area contributed by atoms with Crippen molar-refractivity contribution in [1.29, 1.82) is 0 Å². The number of hydrogen-bond donors (Lipinski definition) is 1. The molecule has 0 unspecified atom stereocenters. The topological polar surface area (TPSA) is 66.5 Å². The SMILES string of the molecule is O=C(C1CC1)N1CCc2cc(S(=O)(=O)Nc3cc(Cl)cc(Cl)c3)ccc21. The smallest absolute Gasteiger partial charge is 0.261 e. The molecular weight excluding hydrogens is 395 g/mol. The quantitative estimate of drug-likeness (QED) is 0.824. The Labute approximate surface area is 162 Å². The summed E-state index contributed by atoms with van der Waals surface area (Å²) in [5.74, 6) is 0.282. The Hall–Kier alpha value is -1.76. The first-order valence-electron chi connectivity index (χ1n) is 8.27. The summed E-state index contributed by atoms with van der Waals surface area (Å²) >= 11 is 11.8. The van der Waals surface area contributed by atoms with Crippen molar-refractivity contribution in [2.24, 2.45) is 5.92 Å². The van der Waals surface area contributed by atoms with E-state index in [1.54, 1.807) is 17.0 Å². The van der Waals surface area contributed by atoms with E-state index in [1.807, 2.05) is 0 Å². The third-order valence-electron chi connectivity index (χ3n) is 4.56. The van der Waals surface area contributed by atoms with Gasteiger partial charge in [0.2, 0.25) is 5.91 Å². The van der Waals surface area contributed by atoms with Gasteiger partial charge in [0.15, 0.2) is 0 Å². The van der Waals surface area contributed by atoms with Crippen molar-refractivity contribution in [2.75, 3.05) is 16.2 Å². The maximum atomic E-state index is 12.7. The molecule has 1 heterocycles. The van der Waals surface area contributed by atoms with E-state index in [0.717, 1.165) is 24.1 Å². The van der Waals surface area contributed by atoms with E-state index in [-0.39, 0.29) is 16.7 Å². The van der Waals surface area contributed by atoms with Crippen LogP contribution in [0.15, 0.2) is 41.3 Å². The molecule has 0 spiro atoms. The standard InChI is InChI=1S/C18H16Cl2N2O3S/c19-13-8-14(20)10-15(9-13)21-26(24,25)16-3-4-17-12(7-16)5-6-22(17)18(23)11-1-2-11/h3-4,7-11,21H,1-2,5-6H2. The molecule has 1 saturated carbocycles. The predicted octanol–water partition coefficient (Wildman–Crippen LogP) is 4.09. The van der Waals surface area contributed by atoms with Gasteiger partial charge in [-0.2, -0.15) is 0 Å². The zero-order chi connectivity index (χ0) is 18.5. The number of hydrogen-bond acceptors (Lipinski definition) is 3. The first-order chi connectivity index (χ1) is 12.3. The van der Waals surface area contributed by atoms with Gasteiger partial charge in [-0.15, -0.1) is 0 Å². The Balaban J connectivity index is 1.60. The minimum atomic E-state index is -3.78. The highest BCUT2D eigenvalue weighted by Crippen LogP contribution is 2.37. The van der Waals surface area contributed by atoms with Crippen molar-refractivity contribution in [3.8, 4) is 0 Å². The average molecular weight is 411 g/mol.